The van der Waals surface area contributed by atoms with E-state index in [1.165, 1.54) is 0 Å². The molecule has 0 aliphatic rings. The number of benzene rings is 1. The first-order valence-electron chi connectivity index (χ1n) is 3.79. The van der Waals surface area contributed by atoms with Crippen LogP contribution in [0.3, 0.4) is 0 Å². The molecule has 0 aliphatic heterocycles. The third-order valence-electron chi connectivity index (χ3n) is 1.75. The number of carbonyl (C=O) groups is 1. The van der Waals surface area contributed by atoms with Gasteiger partial charge in [-0.25, -0.2) is 0 Å². The molecule has 0 fully saturated rings. The Morgan fingerprint density at radius 2 is 2.00 bits per heavy atom. The van der Waals surface area contributed by atoms with Gasteiger partial charge in [0.25, 0.3) is 5.91 Å². The summed E-state index contributed by atoms with van der Waals surface area (Å²) in [6.45, 7) is 0. The second-order valence-corrected chi connectivity index (χ2v) is 2.65. The summed E-state index contributed by atoms with van der Waals surface area (Å²) in [4.78, 5) is 10.8. The van der Waals surface area contributed by atoms with Gasteiger partial charge in [-0.3, -0.25) is 4.79 Å². The Morgan fingerprint density at radius 3 is 2.77 bits per heavy atom. The van der Waals surface area contributed by atoms with Crippen molar-refractivity contribution in [2.24, 2.45) is 5.73 Å². The summed E-state index contributed by atoms with van der Waals surface area (Å²) in [5.41, 5.74) is 6.01. The summed E-state index contributed by atoms with van der Waals surface area (Å²) >= 11 is 0. The number of aromatic nitrogens is 2. The first kappa shape index (κ1) is 7.67. The number of hydrogen-bond donors (Lipinski definition) is 1. The summed E-state index contributed by atoms with van der Waals surface area (Å²) < 4.78 is 0. The lowest BCUT2D eigenvalue weighted by Gasteiger charge is -1.96. The Labute approximate surface area is 74.4 Å². The number of hydrogen-bond acceptors (Lipinski definition) is 3. The smallest absolute Gasteiger partial charge is 0.269 e. The van der Waals surface area contributed by atoms with Crippen LogP contribution in [0.15, 0.2) is 30.3 Å². The molecule has 1 aromatic carbocycles. The molecule has 0 bridgehead atoms. The van der Waals surface area contributed by atoms with E-state index in [1.54, 1.807) is 6.07 Å². The van der Waals surface area contributed by atoms with Crippen LogP contribution in [0.5, 0.6) is 0 Å². The summed E-state index contributed by atoms with van der Waals surface area (Å²) in [7, 11) is 0. The van der Waals surface area contributed by atoms with Crippen LogP contribution in [0.2, 0.25) is 0 Å². The van der Waals surface area contributed by atoms with Gasteiger partial charge in [-0.1, -0.05) is 18.2 Å². The Bertz CT molecular complexity index is 467. The molecule has 0 atom stereocenters. The van der Waals surface area contributed by atoms with Crippen LogP contribution in [0.25, 0.3) is 10.9 Å². The van der Waals surface area contributed by atoms with Crippen LogP contribution in [0, 0.1) is 0 Å². The molecule has 4 heteroatoms. The zero-order valence-electron chi connectivity index (χ0n) is 6.77. The Kier molecular flexibility index (Phi) is 1.66. The molecule has 2 rings (SSSR count). The zero-order chi connectivity index (χ0) is 9.26. The maximum atomic E-state index is 10.8. The third kappa shape index (κ3) is 1.33. The number of fused-ring (bicyclic) bond motifs is 1. The highest BCUT2D eigenvalue weighted by Gasteiger charge is 2.03. The van der Waals surface area contributed by atoms with Gasteiger partial charge in [0, 0.05) is 5.39 Å². The first-order chi connectivity index (χ1) is 6.27. The van der Waals surface area contributed by atoms with Gasteiger partial charge in [0.15, 0.2) is 5.69 Å². The van der Waals surface area contributed by atoms with Gasteiger partial charge < -0.3 is 5.73 Å². The van der Waals surface area contributed by atoms with Crippen molar-refractivity contribution in [2.45, 2.75) is 0 Å². The quantitative estimate of drug-likeness (QED) is 0.691. The molecule has 64 valence electrons. The molecule has 0 saturated heterocycles. The lowest BCUT2D eigenvalue weighted by atomic mass is 10.2. The average Bonchev–Trinajstić information content (AvgIpc) is 2.17. The SMILES string of the molecule is NC(=O)c1cc2ccccc2nn1. The van der Waals surface area contributed by atoms with E-state index in [9.17, 15) is 4.79 Å². The van der Waals surface area contributed by atoms with Gasteiger partial charge in [0.2, 0.25) is 0 Å². The average molecular weight is 173 g/mol. The molecular weight excluding hydrogens is 166 g/mol. The van der Waals surface area contributed by atoms with Crippen LogP contribution in [0.4, 0.5) is 0 Å². The van der Waals surface area contributed by atoms with Crippen molar-refractivity contribution in [3.63, 3.8) is 0 Å². The number of carbonyl (C=O) groups excluding carboxylic acids is 1. The summed E-state index contributed by atoms with van der Waals surface area (Å²) in [5, 5.41) is 8.40. The first-order valence-corrected chi connectivity index (χ1v) is 3.79. The molecule has 2 N–H and O–H groups in total. The molecular formula is C9H7N3O. The summed E-state index contributed by atoms with van der Waals surface area (Å²) in [6.07, 6.45) is 0. The van der Waals surface area contributed by atoms with Gasteiger partial charge >= 0.3 is 0 Å². The van der Waals surface area contributed by atoms with Crippen molar-refractivity contribution in [1.29, 1.82) is 0 Å². The molecule has 0 spiro atoms. The Balaban J connectivity index is 2.69. The van der Waals surface area contributed by atoms with Crippen molar-refractivity contribution in [3.05, 3.63) is 36.0 Å². The predicted octanol–water partition coefficient (Wildman–Crippen LogP) is 0.729. The third-order valence-corrected chi connectivity index (χ3v) is 1.75. The van der Waals surface area contributed by atoms with E-state index in [0.717, 1.165) is 10.9 Å². The number of rotatable bonds is 1. The maximum absolute atomic E-state index is 10.8. The molecule has 0 aliphatic carbocycles. The van der Waals surface area contributed by atoms with E-state index in [-0.39, 0.29) is 5.69 Å². The molecule has 1 amide bonds. The molecule has 2 aromatic rings. The Hall–Kier alpha value is -1.97. The van der Waals surface area contributed by atoms with Crippen LogP contribution in [-0.4, -0.2) is 16.1 Å². The fourth-order valence-electron chi connectivity index (χ4n) is 1.10. The number of amides is 1. The van der Waals surface area contributed by atoms with Crippen LogP contribution < -0.4 is 5.73 Å². The number of primary amides is 1. The van der Waals surface area contributed by atoms with E-state index in [4.69, 9.17) is 5.73 Å². The number of nitrogens with zero attached hydrogens (tertiary/aromatic N) is 2. The molecule has 1 aromatic heterocycles. The predicted molar refractivity (Wildman–Crippen MR) is 48.1 cm³/mol. The molecule has 0 saturated carbocycles. The van der Waals surface area contributed by atoms with Gasteiger partial charge in [-0.2, -0.15) is 0 Å². The van der Waals surface area contributed by atoms with Gasteiger partial charge in [-0.05, 0) is 12.1 Å². The van der Waals surface area contributed by atoms with Crippen molar-refractivity contribution in [2.75, 3.05) is 0 Å². The van der Waals surface area contributed by atoms with E-state index in [2.05, 4.69) is 10.2 Å². The van der Waals surface area contributed by atoms with E-state index >= 15 is 0 Å². The minimum atomic E-state index is -0.557. The molecule has 13 heavy (non-hydrogen) atoms. The molecule has 1 heterocycles. The van der Waals surface area contributed by atoms with Crippen molar-refractivity contribution >= 4 is 16.8 Å². The van der Waals surface area contributed by atoms with Crippen molar-refractivity contribution < 1.29 is 4.79 Å². The lowest BCUT2D eigenvalue weighted by molar-refractivity contribution is 0.0995. The highest BCUT2D eigenvalue weighted by atomic mass is 16.1. The molecule has 4 nitrogen and oxygen atoms in total. The van der Waals surface area contributed by atoms with Gasteiger partial charge in [-0.15, -0.1) is 10.2 Å². The van der Waals surface area contributed by atoms with Crippen molar-refractivity contribution in [3.8, 4) is 0 Å². The van der Waals surface area contributed by atoms with Gasteiger partial charge in [0.1, 0.15) is 0 Å². The standard InChI is InChI=1S/C9H7N3O/c10-9(13)8-5-6-3-1-2-4-7(6)11-12-8/h1-5H,(H2,10,13). The Morgan fingerprint density at radius 1 is 1.23 bits per heavy atom. The summed E-state index contributed by atoms with van der Waals surface area (Å²) in [6, 6.07) is 9.05. The minimum Gasteiger partial charge on any atom is -0.364 e. The van der Waals surface area contributed by atoms with E-state index < -0.39 is 5.91 Å². The van der Waals surface area contributed by atoms with Crippen LogP contribution in [0.1, 0.15) is 10.5 Å². The topological polar surface area (TPSA) is 68.9 Å². The van der Waals surface area contributed by atoms with Crippen molar-refractivity contribution in [1.82, 2.24) is 10.2 Å². The zero-order valence-corrected chi connectivity index (χ0v) is 6.77. The fraction of sp³-hybridized carbons (Fsp3) is 0. The number of nitrogens with two attached hydrogens (primary N) is 1. The lowest BCUT2D eigenvalue weighted by Crippen LogP contribution is -2.13. The molecule has 0 unspecified atom stereocenters. The highest BCUT2D eigenvalue weighted by Crippen LogP contribution is 2.09. The summed E-state index contributed by atoms with van der Waals surface area (Å²) in [5.74, 6) is -0.557. The monoisotopic (exact) mass is 173 g/mol. The fourth-order valence-corrected chi connectivity index (χ4v) is 1.10. The van der Waals surface area contributed by atoms with Crippen LogP contribution in [-0.2, 0) is 0 Å². The highest BCUT2D eigenvalue weighted by molar-refractivity contribution is 5.94. The van der Waals surface area contributed by atoms with Gasteiger partial charge in [0.05, 0.1) is 5.52 Å². The minimum absolute atomic E-state index is 0.193. The molecule has 0 radical (unpaired) electrons. The largest absolute Gasteiger partial charge is 0.364 e. The normalized spacial score (nSPS) is 10.2. The van der Waals surface area contributed by atoms with E-state index in [1.807, 2.05) is 24.3 Å². The van der Waals surface area contributed by atoms with E-state index in [0.29, 0.717) is 0 Å². The second kappa shape index (κ2) is 2.82. The maximum Gasteiger partial charge on any atom is 0.269 e. The van der Waals surface area contributed by atoms with Crippen LogP contribution >= 0.6 is 0 Å². The second-order valence-electron chi connectivity index (χ2n) is 2.65.